The zero-order valence-electron chi connectivity index (χ0n) is 7.30. The average molecular weight is 240 g/mol. The van der Waals surface area contributed by atoms with E-state index in [1.165, 1.54) is 5.56 Å². The van der Waals surface area contributed by atoms with Crippen molar-refractivity contribution in [3.8, 4) is 0 Å². The zero-order valence-corrected chi connectivity index (χ0v) is 8.89. The topological polar surface area (TPSA) is 29.1 Å². The molecule has 0 saturated carbocycles. The van der Waals surface area contributed by atoms with Crippen molar-refractivity contribution in [2.45, 2.75) is 19.3 Å². The molecule has 1 aliphatic rings. The molecule has 0 unspecified atom stereocenters. The molecule has 0 fully saturated rings. The number of carbonyl (C=O) groups is 1. The maximum Gasteiger partial charge on any atom is 0.224 e. The van der Waals surface area contributed by atoms with E-state index >= 15 is 0 Å². The van der Waals surface area contributed by atoms with Gasteiger partial charge in [0.1, 0.15) is 0 Å². The highest BCUT2D eigenvalue weighted by molar-refractivity contribution is 9.10. The van der Waals surface area contributed by atoms with E-state index in [1.54, 1.807) is 0 Å². The van der Waals surface area contributed by atoms with Gasteiger partial charge in [-0.05, 0) is 29.7 Å². The average Bonchev–Trinajstić information content (AvgIpc) is 2.06. The Hall–Kier alpha value is -0.830. The van der Waals surface area contributed by atoms with Crippen LogP contribution in [0.2, 0.25) is 0 Å². The standard InChI is InChI=1S/C10H10BrNO/c1-6-4-10(13)12-9-3-2-7(11)5-8(6)9/h2-3,5-6H,4H2,1H3,(H,12,13)/t6-/m0/s1. The van der Waals surface area contributed by atoms with Crippen molar-refractivity contribution in [1.82, 2.24) is 0 Å². The number of hydrogen-bond donors (Lipinski definition) is 1. The maximum absolute atomic E-state index is 11.2. The molecule has 0 spiro atoms. The molecule has 0 aliphatic carbocycles. The number of amides is 1. The first-order valence-corrected chi connectivity index (χ1v) is 5.05. The van der Waals surface area contributed by atoms with Crippen LogP contribution in [0.4, 0.5) is 5.69 Å². The summed E-state index contributed by atoms with van der Waals surface area (Å²) >= 11 is 3.42. The quantitative estimate of drug-likeness (QED) is 0.742. The molecule has 1 aromatic carbocycles. The molecule has 1 amide bonds. The molecule has 13 heavy (non-hydrogen) atoms. The molecule has 0 bridgehead atoms. The van der Waals surface area contributed by atoms with Crippen LogP contribution in [0, 0.1) is 0 Å². The summed E-state index contributed by atoms with van der Waals surface area (Å²) < 4.78 is 1.06. The van der Waals surface area contributed by atoms with E-state index in [0.29, 0.717) is 12.3 Å². The van der Waals surface area contributed by atoms with Gasteiger partial charge in [0.15, 0.2) is 0 Å². The Morgan fingerprint density at radius 3 is 3.08 bits per heavy atom. The maximum atomic E-state index is 11.2. The number of fused-ring (bicyclic) bond motifs is 1. The van der Waals surface area contributed by atoms with Gasteiger partial charge in [0, 0.05) is 16.6 Å². The van der Waals surface area contributed by atoms with E-state index in [-0.39, 0.29) is 5.91 Å². The Morgan fingerprint density at radius 1 is 1.54 bits per heavy atom. The minimum atomic E-state index is 0.113. The van der Waals surface area contributed by atoms with Crippen LogP contribution < -0.4 is 5.32 Å². The molecule has 1 atom stereocenters. The summed E-state index contributed by atoms with van der Waals surface area (Å²) in [5.41, 5.74) is 2.17. The molecular weight excluding hydrogens is 230 g/mol. The first-order chi connectivity index (χ1) is 6.16. The molecule has 1 aliphatic heterocycles. The molecule has 1 heterocycles. The van der Waals surface area contributed by atoms with Crippen LogP contribution in [0.15, 0.2) is 22.7 Å². The molecule has 2 rings (SSSR count). The van der Waals surface area contributed by atoms with E-state index < -0.39 is 0 Å². The second-order valence-corrected chi connectivity index (χ2v) is 4.30. The highest BCUT2D eigenvalue weighted by atomic mass is 79.9. The van der Waals surface area contributed by atoms with Crippen molar-refractivity contribution in [2.24, 2.45) is 0 Å². The Morgan fingerprint density at radius 2 is 2.31 bits per heavy atom. The predicted octanol–water partition coefficient (Wildman–Crippen LogP) is 2.89. The zero-order chi connectivity index (χ0) is 9.42. The largest absolute Gasteiger partial charge is 0.326 e. The van der Waals surface area contributed by atoms with Crippen LogP contribution in [0.1, 0.15) is 24.8 Å². The molecule has 68 valence electrons. The van der Waals surface area contributed by atoms with Crippen molar-refractivity contribution in [3.05, 3.63) is 28.2 Å². The number of benzene rings is 1. The summed E-state index contributed by atoms with van der Waals surface area (Å²) in [5.74, 6) is 0.434. The van der Waals surface area contributed by atoms with Crippen molar-refractivity contribution in [3.63, 3.8) is 0 Å². The Bertz CT molecular complexity index is 362. The van der Waals surface area contributed by atoms with Crippen molar-refractivity contribution in [1.29, 1.82) is 0 Å². The monoisotopic (exact) mass is 239 g/mol. The van der Waals surface area contributed by atoms with Gasteiger partial charge in [-0.25, -0.2) is 0 Å². The van der Waals surface area contributed by atoms with Gasteiger partial charge in [0.05, 0.1) is 0 Å². The summed E-state index contributed by atoms with van der Waals surface area (Å²) in [7, 11) is 0. The van der Waals surface area contributed by atoms with Gasteiger partial charge < -0.3 is 5.32 Å². The number of nitrogens with one attached hydrogen (secondary N) is 1. The van der Waals surface area contributed by atoms with Crippen molar-refractivity contribution < 1.29 is 4.79 Å². The summed E-state index contributed by atoms with van der Waals surface area (Å²) in [6.45, 7) is 2.07. The number of rotatable bonds is 0. The van der Waals surface area contributed by atoms with Gasteiger partial charge in [-0.2, -0.15) is 0 Å². The van der Waals surface area contributed by atoms with Gasteiger partial charge >= 0.3 is 0 Å². The SMILES string of the molecule is C[C@H]1CC(=O)Nc2ccc(Br)cc21. The smallest absolute Gasteiger partial charge is 0.224 e. The molecule has 0 aromatic heterocycles. The third-order valence-electron chi connectivity index (χ3n) is 2.31. The highest BCUT2D eigenvalue weighted by Crippen LogP contribution is 2.33. The van der Waals surface area contributed by atoms with E-state index in [0.717, 1.165) is 10.2 Å². The fourth-order valence-corrected chi connectivity index (χ4v) is 2.02. The van der Waals surface area contributed by atoms with Crippen LogP contribution >= 0.6 is 15.9 Å². The lowest BCUT2D eigenvalue weighted by Crippen LogP contribution is -2.21. The summed E-state index contributed by atoms with van der Waals surface area (Å²) in [5, 5.41) is 2.86. The highest BCUT2D eigenvalue weighted by Gasteiger charge is 2.21. The van der Waals surface area contributed by atoms with Gasteiger partial charge in [0.2, 0.25) is 5.91 Å². The first-order valence-electron chi connectivity index (χ1n) is 4.26. The molecular formula is C10H10BrNO. The Labute approximate surface area is 85.5 Å². The van der Waals surface area contributed by atoms with Gasteiger partial charge in [-0.15, -0.1) is 0 Å². The lowest BCUT2D eigenvalue weighted by atomic mass is 9.92. The van der Waals surface area contributed by atoms with Crippen LogP contribution in [-0.2, 0) is 4.79 Å². The Balaban J connectivity index is 2.49. The van der Waals surface area contributed by atoms with Gasteiger partial charge in [-0.3, -0.25) is 4.79 Å². The van der Waals surface area contributed by atoms with Crippen molar-refractivity contribution >= 4 is 27.5 Å². The van der Waals surface area contributed by atoms with Gasteiger partial charge in [-0.1, -0.05) is 22.9 Å². The second kappa shape index (κ2) is 3.14. The lowest BCUT2D eigenvalue weighted by Gasteiger charge is -2.22. The fraction of sp³-hybridized carbons (Fsp3) is 0.300. The van der Waals surface area contributed by atoms with E-state index in [4.69, 9.17) is 0 Å². The normalized spacial score (nSPS) is 20.8. The molecule has 1 aromatic rings. The lowest BCUT2D eigenvalue weighted by molar-refractivity contribution is -0.116. The fourth-order valence-electron chi connectivity index (χ4n) is 1.64. The molecule has 0 saturated heterocycles. The van der Waals surface area contributed by atoms with Crippen LogP contribution in [0.5, 0.6) is 0 Å². The predicted molar refractivity (Wildman–Crippen MR) is 55.8 cm³/mol. The number of halogens is 1. The number of anilines is 1. The number of hydrogen-bond acceptors (Lipinski definition) is 1. The van der Waals surface area contributed by atoms with Crippen LogP contribution in [0.3, 0.4) is 0 Å². The summed E-state index contributed by atoms with van der Waals surface area (Å²) in [6, 6.07) is 5.95. The molecule has 3 heteroatoms. The van der Waals surface area contributed by atoms with E-state index in [2.05, 4.69) is 34.2 Å². The molecule has 1 N–H and O–H groups in total. The third kappa shape index (κ3) is 1.61. The van der Waals surface area contributed by atoms with E-state index in [1.807, 2.05) is 12.1 Å². The minimum Gasteiger partial charge on any atom is -0.326 e. The molecule has 2 nitrogen and oxygen atoms in total. The van der Waals surface area contributed by atoms with Crippen LogP contribution in [-0.4, -0.2) is 5.91 Å². The first kappa shape index (κ1) is 8.75. The summed E-state index contributed by atoms with van der Waals surface area (Å²) in [4.78, 5) is 11.2. The third-order valence-corrected chi connectivity index (χ3v) is 2.80. The van der Waals surface area contributed by atoms with Crippen LogP contribution in [0.25, 0.3) is 0 Å². The summed E-state index contributed by atoms with van der Waals surface area (Å²) in [6.07, 6.45) is 0.587. The Kier molecular flexibility index (Phi) is 2.12. The number of carbonyl (C=O) groups excluding carboxylic acids is 1. The molecule has 0 radical (unpaired) electrons. The minimum absolute atomic E-state index is 0.113. The van der Waals surface area contributed by atoms with Crippen molar-refractivity contribution in [2.75, 3.05) is 5.32 Å². The second-order valence-electron chi connectivity index (χ2n) is 3.38. The van der Waals surface area contributed by atoms with E-state index in [9.17, 15) is 4.79 Å². The van der Waals surface area contributed by atoms with Gasteiger partial charge in [0.25, 0.3) is 0 Å².